The molecule has 5 nitrogen and oxygen atoms in total. The summed E-state index contributed by atoms with van der Waals surface area (Å²) in [4.78, 5) is 11.0. The zero-order valence-electron chi connectivity index (χ0n) is 12.3. The molecule has 0 aliphatic rings. The molecule has 0 spiro atoms. The van der Waals surface area contributed by atoms with Gasteiger partial charge in [-0.15, -0.1) is 10.2 Å². The van der Waals surface area contributed by atoms with Gasteiger partial charge < -0.3 is 9.15 Å². The molecule has 0 aliphatic carbocycles. The van der Waals surface area contributed by atoms with Crippen LogP contribution in [-0.2, 0) is 16.1 Å². The minimum Gasteiger partial charge on any atom is -0.458 e. The fourth-order valence-electron chi connectivity index (χ4n) is 1.99. The third-order valence-corrected chi connectivity index (χ3v) is 3.19. The van der Waals surface area contributed by atoms with Crippen LogP contribution in [0.5, 0.6) is 0 Å². The lowest BCUT2D eigenvalue weighted by molar-refractivity contribution is -0.138. The van der Waals surface area contributed by atoms with E-state index in [9.17, 15) is 4.79 Å². The molecule has 0 N–H and O–H groups in total. The Kier molecular flexibility index (Phi) is 4.29. The molecule has 0 aliphatic heterocycles. The Morgan fingerprint density at radius 3 is 2.22 bits per heavy atom. The second kappa shape index (κ2) is 6.70. The fourth-order valence-corrected chi connectivity index (χ4v) is 1.99. The van der Waals surface area contributed by atoms with Crippen molar-refractivity contribution in [2.24, 2.45) is 0 Å². The third-order valence-electron chi connectivity index (χ3n) is 3.19. The molecule has 3 rings (SSSR count). The van der Waals surface area contributed by atoms with Crippen LogP contribution in [0.4, 0.5) is 0 Å². The second-order valence-corrected chi connectivity index (χ2v) is 4.79. The Bertz CT molecular complexity index is 808. The maximum atomic E-state index is 11.0. The fraction of sp³-hybridized carbons (Fsp3) is 0.0556. The molecule has 0 saturated heterocycles. The molecule has 1 aromatic heterocycles. The largest absolute Gasteiger partial charge is 0.458 e. The molecule has 5 heteroatoms. The average Bonchev–Trinajstić information content (AvgIpc) is 3.11. The van der Waals surface area contributed by atoms with Crippen LogP contribution in [0.3, 0.4) is 0 Å². The van der Waals surface area contributed by atoms with Crippen LogP contribution < -0.4 is 0 Å². The van der Waals surface area contributed by atoms with Crippen molar-refractivity contribution in [3.05, 3.63) is 72.8 Å². The highest BCUT2D eigenvalue weighted by Crippen LogP contribution is 2.23. The molecule has 23 heavy (non-hydrogen) atoms. The zero-order valence-corrected chi connectivity index (χ0v) is 12.3. The minimum absolute atomic E-state index is 0.199. The number of rotatable bonds is 5. The summed E-state index contributed by atoms with van der Waals surface area (Å²) >= 11 is 0. The molecule has 1 heterocycles. The number of aromatic nitrogens is 2. The van der Waals surface area contributed by atoms with Gasteiger partial charge in [-0.2, -0.15) is 0 Å². The standard InChI is InChI=1S/C18H14N2O3/c1-2-16(21)22-12-13-8-10-15(11-9-13)18-20-19-17(23-18)14-6-4-3-5-7-14/h2-11H,1,12H2. The Morgan fingerprint density at radius 1 is 1.00 bits per heavy atom. The summed E-state index contributed by atoms with van der Waals surface area (Å²) in [6.07, 6.45) is 1.14. The van der Waals surface area contributed by atoms with E-state index >= 15 is 0 Å². The van der Waals surface area contributed by atoms with E-state index < -0.39 is 5.97 Å². The predicted molar refractivity (Wildman–Crippen MR) is 85.2 cm³/mol. The topological polar surface area (TPSA) is 65.2 Å². The molecule has 3 aromatic rings. The van der Waals surface area contributed by atoms with Gasteiger partial charge in [0.15, 0.2) is 0 Å². The lowest BCUT2D eigenvalue weighted by atomic mass is 10.1. The maximum absolute atomic E-state index is 11.0. The summed E-state index contributed by atoms with van der Waals surface area (Å²) in [6, 6.07) is 17.0. The van der Waals surface area contributed by atoms with Gasteiger partial charge in [-0.3, -0.25) is 0 Å². The SMILES string of the molecule is C=CC(=O)OCc1ccc(-c2nnc(-c3ccccc3)o2)cc1. The Labute approximate surface area is 133 Å². The maximum Gasteiger partial charge on any atom is 0.330 e. The molecular weight excluding hydrogens is 292 g/mol. The smallest absolute Gasteiger partial charge is 0.330 e. The van der Waals surface area contributed by atoms with Crippen molar-refractivity contribution in [3.8, 4) is 22.9 Å². The summed E-state index contributed by atoms with van der Waals surface area (Å²) in [5.41, 5.74) is 2.55. The second-order valence-electron chi connectivity index (χ2n) is 4.79. The molecule has 0 atom stereocenters. The summed E-state index contributed by atoms with van der Waals surface area (Å²) < 4.78 is 10.7. The monoisotopic (exact) mass is 306 g/mol. The van der Waals surface area contributed by atoms with E-state index in [0.717, 1.165) is 22.8 Å². The van der Waals surface area contributed by atoms with E-state index in [-0.39, 0.29) is 6.61 Å². The third kappa shape index (κ3) is 3.52. The predicted octanol–water partition coefficient (Wildman–Crippen LogP) is 3.63. The van der Waals surface area contributed by atoms with Gasteiger partial charge in [0, 0.05) is 17.2 Å². The van der Waals surface area contributed by atoms with Gasteiger partial charge in [0.1, 0.15) is 6.61 Å². The van der Waals surface area contributed by atoms with E-state index in [4.69, 9.17) is 9.15 Å². The average molecular weight is 306 g/mol. The Hall–Kier alpha value is -3.21. The zero-order chi connectivity index (χ0) is 16.1. The van der Waals surface area contributed by atoms with Crippen molar-refractivity contribution >= 4 is 5.97 Å². The summed E-state index contributed by atoms with van der Waals surface area (Å²) in [5, 5.41) is 8.12. The van der Waals surface area contributed by atoms with E-state index in [1.807, 2.05) is 54.6 Å². The number of carbonyl (C=O) groups excluding carboxylic acids is 1. The molecular formula is C18H14N2O3. The first-order valence-corrected chi connectivity index (χ1v) is 7.03. The molecule has 0 fully saturated rings. The van der Waals surface area contributed by atoms with E-state index in [1.165, 1.54) is 0 Å². The summed E-state index contributed by atoms with van der Waals surface area (Å²) in [7, 11) is 0. The van der Waals surface area contributed by atoms with Gasteiger partial charge in [0.25, 0.3) is 0 Å². The van der Waals surface area contributed by atoms with Crippen molar-refractivity contribution in [1.82, 2.24) is 10.2 Å². The summed E-state index contributed by atoms with van der Waals surface area (Å²) in [5.74, 6) is 0.474. The quantitative estimate of drug-likeness (QED) is 0.532. The first-order chi connectivity index (χ1) is 11.3. The lowest BCUT2D eigenvalue weighted by Crippen LogP contribution is -1.99. The van der Waals surface area contributed by atoms with Crippen LogP contribution in [0.15, 0.2) is 71.7 Å². The van der Waals surface area contributed by atoms with Gasteiger partial charge in [0.2, 0.25) is 11.8 Å². The highest BCUT2D eigenvalue weighted by Gasteiger charge is 2.10. The van der Waals surface area contributed by atoms with Crippen LogP contribution in [-0.4, -0.2) is 16.2 Å². The van der Waals surface area contributed by atoms with Crippen LogP contribution in [0, 0.1) is 0 Å². The van der Waals surface area contributed by atoms with Crippen molar-refractivity contribution < 1.29 is 13.9 Å². The van der Waals surface area contributed by atoms with E-state index in [0.29, 0.717) is 11.8 Å². The molecule has 0 radical (unpaired) electrons. The Morgan fingerprint density at radius 2 is 1.61 bits per heavy atom. The van der Waals surface area contributed by atoms with Gasteiger partial charge in [-0.1, -0.05) is 36.9 Å². The molecule has 0 bridgehead atoms. The molecule has 0 saturated carbocycles. The normalized spacial score (nSPS) is 10.3. The molecule has 0 amide bonds. The number of esters is 1. The highest BCUT2D eigenvalue weighted by atomic mass is 16.5. The van der Waals surface area contributed by atoms with E-state index in [2.05, 4.69) is 16.8 Å². The van der Waals surface area contributed by atoms with Crippen LogP contribution in [0.2, 0.25) is 0 Å². The number of nitrogens with zero attached hydrogens (tertiary/aromatic N) is 2. The van der Waals surface area contributed by atoms with Crippen LogP contribution in [0.25, 0.3) is 22.9 Å². The number of carbonyl (C=O) groups is 1. The number of hydrogen-bond acceptors (Lipinski definition) is 5. The van der Waals surface area contributed by atoms with Crippen molar-refractivity contribution in [2.45, 2.75) is 6.61 Å². The number of benzene rings is 2. The summed E-state index contributed by atoms with van der Waals surface area (Å²) in [6.45, 7) is 3.55. The Balaban J connectivity index is 1.74. The van der Waals surface area contributed by atoms with Gasteiger partial charge in [0.05, 0.1) is 0 Å². The minimum atomic E-state index is -0.446. The molecule has 0 unspecified atom stereocenters. The van der Waals surface area contributed by atoms with Crippen molar-refractivity contribution in [3.63, 3.8) is 0 Å². The number of hydrogen-bond donors (Lipinski definition) is 0. The van der Waals surface area contributed by atoms with Crippen molar-refractivity contribution in [1.29, 1.82) is 0 Å². The molecule has 2 aromatic carbocycles. The van der Waals surface area contributed by atoms with Gasteiger partial charge >= 0.3 is 5.97 Å². The van der Waals surface area contributed by atoms with Gasteiger partial charge in [-0.05, 0) is 29.8 Å². The highest BCUT2D eigenvalue weighted by molar-refractivity contribution is 5.81. The van der Waals surface area contributed by atoms with E-state index in [1.54, 1.807) is 0 Å². The molecule has 114 valence electrons. The number of ether oxygens (including phenoxy) is 1. The van der Waals surface area contributed by atoms with Crippen molar-refractivity contribution in [2.75, 3.05) is 0 Å². The van der Waals surface area contributed by atoms with Gasteiger partial charge in [-0.25, -0.2) is 4.79 Å². The first-order valence-electron chi connectivity index (χ1n) is 7.03. The first kappa shape index (κ1) is 14.7. The van der Waals surface area contributed by atoms with Crippen LogP contribution >= 0.6 is 0 Å². The van der Waals surface area contributed by atoms with Crippen LogP contribution in [0.1, 0.15) is 5.56 Å². The lowest BCUT2D eigenvalue weighted by Gasteiger charge is -2.02.